The molecule has 0 rings (SSSR count). The summed E-state index contributed by atoms with van der Waals surface area (Å²) in [6, 6.07) is 0. The van der Waals surface area contributed by atoms with Crippen molar-refractivity contribution in [3.8, 4) is 0 Å². The molecule has 3 unspecified atom stereocenters. The van der Waals surface area contributed by atoms with E-state index in [0.717, 1.165) is 26.1 Å². The van der Waals surface area contributed by atoms with Gasteiger partial charge in [0.15, 0.2) is 0 Å². The van der Waals surface area contributed by atoms with E-state index in [4.69, 9.17) is 18.9 Å². The van der Waals surface area contributed by atoms with Gasteiger partial charge in [-0.25, -0.2) is 0 Å². The third kappa shape index (κ3) is 22.3. The maximum absolute atomic E-state index is 5.86. The highest BCUT2D eigenvalue weighted by Gasteiger charge is 2.10. The zero-order chi connectivity index (χ0) is 21.6. The molecule has 0 aromatic rings. The van der Waals surface area contributed by atoms with Gasteiger partial charge in [0.25, 0.3) is 0 Å². The van der Waals surface area contributed by atoms with Crippen LogP contribution in [-0.4, -0.2) is 51.3 Å². The van der Waals surface area contributed by atoms with Gasteiger partial charge in [0.1, 0.15) is 0 Å². The molecule has 0 saturated carbocycles. The molecule has 0 aliphatic heterocycles. The SMILES string of the molecule is CCCCCCCCOCC(C)OCC(C)OCC(C)OCCCCCCCC. The fourth-order valence-corrected chi connectivity index (χ4v) is 3.14. The van der Waals surface area contributed by atoms with E-state index in [-0.39, 0.29) is 18.3 Å². The van der Waals surface area contributed by atoms with E-state index < -0.39 is 0 Å². The van der Waals surface area contributed by atoms with Gasteiger partial charge in [-0.3, -0.25) is 0 Å². The van der Waals surface area contributed by atoms with E-state index >= 15 is 0 Å². The highest BCUT2D eigenvalue weighted by molar-refractivity contribution is 4.56. The molecule has 0 N–H and O–H groups in total. The molecule has 0 heterocycles. The number of rotatable bonds is 23. The highest BCUT2D eigenvalue weighted by Crippen LogP contribution is 2.07. The summed E-state index contributed by atoms with van der Waals surface area (Å²) in [5.41, 5.74) is 0. The summed E-state index contributed by atoms with van der Waals surface area (Å²) >= 11 is 0. The predicted molar refractivity (Wildman–Crippen MR) is 124 cm³/mol. The molecule has 0 aromatic heterocycles. The van der Waals surface area contributed by atoms with Crippen LogP contribution in [-0.2, 0) is 18.9 Å². The smallest absolute Gasteiger partial charge is 0.0781 e. The number of hydrogen-bond acceptors (Lipinski definition) is 4. The molecule has 0 spiro atoms. The molecule has 3 atom stereocenters. The Bertz CT molecular complexity index is 311. The molecule has 0 saturated heterocycles. The average Bonchev–Trinajstić information content (AvgIpc) is 2.72. The van der Waals surface area contributed by atoms with Gasteiger partial charge in [-0.05, 0) is 33.6 Å². The predicted octanol–water partition coefficient (Wildman–Crippen LogP) is 6.94. The Morgan fingerprint density at radius 3 is 1.41 bits per heavy atom. The second-order valence-electron chi connectivity index (χ2n) is 8.58. The quantitative estimate of drug-likeness (QED) is 0.169. The van der Waals surface area contributed by atoms with Gasteiger partial charge in [-0.2, -0.15) is 0 Å². The number of ether oxygens (including phenoxy) is 4. The minimum atomic E-state index is 0.0797. The van der Waals surface area contributed by atoms with Crippen LogP contribution in [0.3, 0.4) is 0 Å². The lowest BCUT2D eigenvalue weighted by molar-refractivity contribution is -0.0802. The normalized spacial score (nSPS) is 14.8. The van der Waals surface area contributed by atoms with Crippen molar-refractivity contribution < 1.29 is 18.9 Å². The van der Waals surface area contributed by atoms with Crippen LogP contribution >= 0.6 is 0 Å². The summed E-state index contributed by atoms with van der Waals surface area (Å²) in [5, 5.41) is 0. The van der Waals surface area contributed by atoms with Crippen LogP contribution < -0.4 is 0 Å². The van der Waals surface area contributed by atoms with Crippen molar-refractivity contribution in [2.45, 2.75) is 130 Å². The van der Waals surface area contributed by atoms with Crippen LogP contribution in [0.25, 0.3) is 0 Å². The molecule has 29 heavy (non-hydrogen) atoms. The summed E-state index contributed by atoms with van der Waals surface area (Å²) in [6.07, 6.45) is 15.9. The third-order valence-electron chi connectivity index (χ3n) is 5.13. The first-order valence-electron chi connectivity index (χ1n) is 12.5. The number of unbranched alkanes of at least 4 members (excludes halogenated alkanes) is 10. The first-order chi connectivity index (χ1) is 14.1. The zero-order valence-electron chi connectivity index (χ0n) is 20.4. The van der Waals surface area contributed by atoms with E-state index in [1.54, 1.807) is 0 Å². The van der Waals surface area contributed by atoms with Crippen LogP contribution in [0, 0.1) is 0 Å². The maximum atomic E-state index is 5.86. The highest BCUT2D eigenvalue weighted by atomic mass is 16.6. The molecule has 0 radical (unpaired) electrons. The Hall–Kier alpha value is -0.160. The third-order valence-corrected chi connectivity index (χ3v) is 5.13. The van der Waals surface area contributed by atoms with Gasteiger partial charge in [-0.15, -0.1) is 0 Å². The van der Waals surface area contributed by atoms with Crippen molar-refractivity contribution in [3.63, 3.8) is 0 Å². The molecule has 176 valence electrons. The van der Waals surface area contributed by atoms with Crippen molar-refractivity contribution in [3.05, 3.63) is 0 Å². The molecule has 0 fully saturated rings. The lowest BCUT2D eigenvalue weighted by atomic mass is 10.1. The fourth-order valence-electron chi connectivity index (χ4n) is 3.14. The van der Waals surface area contributed by atoms with E-state index in [2.05, 4.69) is 34.6 Å². The Morgan fingerprint density at radius 2 is 0.862 bits per heavy atom. The van der Waals surface area contributed by atoms with Crippen molar-refractivity contribution in [1.82, 2.24) is 0 Å². The van der Waals surface area contributed by atoms with Gasteiger partial charge in [0, 0.05) is 13.2 Å². The minimum absolute atomic E-state index is 0.0797. The zero-order valence-corrected chi connectivity index (χ0v) is 20.4. The van der Waals surface area contributed by atoms with Gasteiger partial charge in [0.2, 0.25) is 0 Å². The average molecular weight is 417 g/mol. The van der Waals surface area contributed by atoms with Crippen LogP contribution in [0.1, 0.15) is 112 Å². The Kier molecular flexibility index (Phi) is 22.4. The van der Waals surface area contributed by atoms with Crippen LogP contribution in [0.4, 0.5) is 0 Å². The fraction of sp³-hybridized carbons (Fsp3) is 1.00. The largest absolute Gasteiger partial charge is 0.379 e. The minimum Gasteiger partial charge on any atom is -0.379 e. The van der Waals surface area contributed by atoms with Gasteiger partial charge < -0.3 is 18.9 Å². The Labute approximate surface area is 182 Å². The van der Waals surface area contributed by atoms with Gasteiger partial charge >= 0.3 is 0 Å². The van der Waals surface area contributed by atoms with Crippen LogP contribution in [0.5, 0.6) is 0 Å². The van der Waals surface area contributed by atoms with Gasteiger partial charge in [-0.1, -0.05) is 78.1 Å². The first kappa shape index (κ1) is 28.8. The monoisotopic (exact) mass is 416 g/mol. The lowest BCUT2D eigenvalue weighted by Crippen LogP contribution is -2.26. The number of hydrogen-bond donors (Lipinski definition) is 0. The standard InChI is InChI=1S/C25H52O4/c1-6-8-10-12-14-16-18-26-20-23(3)28-22-25(5)29-21-24(4)27-19-17-15-13-11-9-7-2/h23-25H,6-22H2,1-5H3. The molecule has 0 aromatic carbocycles. The summed E-state index contributed by atoms with van der Waals surface area (Å²) in [5.74, 6) is 0. The topological polar surface area (TPSA) is 36.9 Å². The van der Waals surface area contributed by atoms with Crippen molar-refractivity contribution >= 4 is 0 Å². The summed E-state index contributed by atoms with van der Waals surface area (Å²) in [4.78, 5) is 0. The van der Waals surface area contributed by atoms with Crippen LogP contribution in [0.2, 0.25) is 0 Å². The molecule has 0 amide bonds. The molecular formula is C25H52O4. The first-order valence-corrected chi connectivity index (χ1v) is 12.5. The summed E-state index contributed by atoms with van der Waals surface area (Å²) in [7, 11) is 0. The molecule has 0 aliphatic carbocycles. The molecule has 4 heteroatoms. The van der Waals surface area contributed by atoms with Crippen LogP contribution in [0.15, 0.2) is 0 Å². The molecule has 0 aliphatic rings. The van der Waals surface area contributed by atoms with E-state index in [1.807, 2.05) is 0 Å². The van der Waals surface area contributed by atoms with Crippen molar-refractivity contribution in [2.75, 3.05) is 33.0 Å². The van der Waals surface area contributed by atoms with E-state index in [1.165, 1.54) is 64.2 Å². The Morgan fingerprint density at radius 1 is 0.448 bits per heavy atom. The lowest BCUT2D eigenvalue weighted by Gasteiger charge is -2.20. The van der Waals surface area contributed by atoms with Gasteiger partial charge in [0.05, 0.1) is 38.1 Å². The van der Waals surface area contributed by atoms with E-state index in [9.17, 15) is 0 Å². The molecule has 4 nitrogen and oxygen atoms in total. The summed E-state index contributed by atoms with van der Waals surface area (Å²) < 4.78 is 23.3. The maximum Gasteiger partial charge on any atom is 0.0781 e. The second kappa shape index (κ2) is 22.5. The second-order valence-corrected chi connectivity index (χ2v) is 8.58. The Balaban J connectivity index is 3.45. The van der Waals surface area contributed by atoms with Crippen molar-refractivity contribution in [1.29, 1.82) is 0 Å². The van der Waals surface area contributed by atoms with Crippen molar-refractivity contribution in [2.24, 2.45) is 0 Å². The summed E-state index contributed by atoms with van der Waals surface area (Å²) in [6.45, 7) is 14.3. The van der Waals surface area contributed by atoms with E-state index in [0.29, 0.717) is 19.8 Å². The molecule has 0 bridgehead atoms. The molecular weight excluding hydrogens is 364 g/mol.